The molecule has 1 amide bonds. The first-order valence-corrected chi connectivity index (χ1v) is 10.3. The smallest absolute Gasteiger partial charge is 0.278 e. The molecule has 0 spiro atoms. The average Bonchev–Trinajstić information content (AvgIpc) is 3.32. The lowest BCUT2D eigenvalue weighted by Crippen LogP contribution is -2.39. The Morgan fingerprint density at radius 3 is 2.55 bits per heavy atom. The van der Waals surface area contributed by atoms with Crippen LogP contribution >= 0.6 is 35.3 Å². The van der Waals surface area contributed by atoms with E-state index < -0.39 is 0 Å². The summed E-state index contributed by atoms with van der Waals surface area (Å²) in [5.41, 5.74) is 1.18. The highest BCUT2D eigenvalue weighted by Crippen LogP contribution is 2.39. The molecular weight excluding hydrogens is 433 g/mol. The van der Waals surface area contributed by atoms with Gasteiger partial charge in [-0.1, -0.05) is 36.8 Å². The van der Waals surface area contributed by atoms with Crippen LogP contribution < -0.4 is 9.64 Å². The van der Waals surface area contributed by atoms with Gasteiger partial charge >= 0.3 is 0 Å². The Balaban J connectivity index is 0.00000300. The molecule has 0 aliphatic heterocycles. The van der Waals surface area contributed by atoms with Gasteiger partial charge in [-0.2, -0.15) is 5.10 Å². The Bertz CT molecular complexity index is 971. The molecule has 3 rings (SSSR count). The van der Waals surface area contributed by atoms with E-state index in [1.165, 1.54) is 11.3 Å². The second-order valence-corrected chi connectivity index (χ2v) is 7.63. The number of anilines is 1. The average molecular weight is 458 g/mol. The molecule has 3 aromatic rings. The lowest BCUT2D eigenvalue weighted by atomic mass is 10.3. The first-order chi connectivity index (χ1) is 13.5. The van der Waals surface area contributed by atoms with Crippen molar-refractivity contribution in [1.29, 1.82) is 0 Å². The molecule has 0 aliphatic rings. The molecule has 2 heterocycles. The maximum atomic E-state index is 13.3. The van der Waals surface area contributed by atoms with E-state index in [0.717, 1.165) is 24.3 Å². The number of nitrogens with zero attached hydrogens (tertiary/aromatic N) is 5. The number of benzene rings is 1. The molecular formula is C19H25Cl2N5O2S. The van der Waals surface area contributed by atoms with Crippen LogP contribution in [0, 0.1) is 0 Å². The summed E-state index contributed by atoms with van der Waals surface area (Å²) >= 11 is 7.76. The van der Waals surface area contributed by atoms with E-state index in [9.17, 15) is 4.79 Å². The Morgan fingerprint density at radius 1 is 1.24 bits per heavy atom. The topological polar surface area (TPSA) is 63.5 Å². The molecule has 0 saturated heterocycles. The summed E-state index contributed by atoms with van der Waals surface area (Å²) in [6, 6.07) is 5.29. The van der Waals surface area contributed by atoms with Gasteiger partial charge in [-0.15, -0.1) is 12.4 Å². The van der Waals surface area contributed by atoms with Crippen LogP contribution in [0.25, 0.3) is 10.2 Å². The maximum Gasteiger partial charge on any atom is 0.278 e. The standard InChI is InChI=1S/C19H24ClN5O2S.ClH/c1-5-24(6-2)11-12-25(18(26)14-9-10-21-23(14)3)19-22-16-15(27-4)8-7-13(20)17(16)28-19;/h7-10H,5-6,11-12H2,1-4H3;1H. The van der Waals surface area contributed by atoms with Crippen molar-refractivity contribution in [3.63, 3.8) is 0 Å². The molecule has 0 fully saturated rings. The van der Waals surface area contributed by atoms with Crippen molar-refractivity contribution in [2.24, 2.45) is 7.05 Å². The SMILES string of the molecule is CCN(CC)CCN(C(=O)c1ccnn1C)c1nc2c(OC)ccc(Cl)c2s1.Cl. The van der Waals surface area contributed by atoms with Gasteiger partial charge in [0.2, 0.25) is 0 Å². The molecule has 2 aromatic heterocycles. The number of amides is 1. The number of hydrogen-bond donors (Lipinski definition) is 0. The third-order valence-corrected chi connectivity index (χ3v) is 6.26. The summed E-state index contributed by atoms with van der Waals surface area (Å²) in [5, 5.41) is 5.32. The molecule has 158 valence electrons. The number of carbonyl (C=O) groups excluding carboxylic acids is 1. The number of halogens is 2. The van der Waals surface area contributed by atoms with Crippen LogP contribution in [-0.4, -0.2) is 58.9 Å². The van der Waals surface area contributed by atoms with Crippen molar-refractivity contribution < 1.29 is 9.53 Å². The van der Waals surface area contributed by atoms with Crippen molar-refractivity contribution in [2.75, 3.05) is 38.2 Å². The predicted octanol–water partition coefficient (Wildman–Crippen LogP) is 4.10. The minimum Gasteiger partial charge on any atom is -0.494 e. The molecule has 0 bridgehead atoms. The normalized spacial score (nSPS) is 11.0. The largest absolute Gasteiger partial charge is 0.494 e. The number of aromatic nitrogens is 3. The molecule has 0 atom stereocenters. The molecule has 0 unspecified atom stereocenters. The third-order valence-electron chi connectivity index (χ3n) is 4.72. The van der Waals surface area contributed by atoms with E-state index in [4.69, 9.17) is 21.3 Å². The number of likely N-dealkylation sites (N-methyl/N-ethyl adjacent to an activating group) is 1. The van der Waals surface area contributed by atoms with E-state index in [1.54, 1.807) is 48.1 Å². The van der Waals surface area contributed by atoms with Crippen molar-refractivity contribution in [3.05, 3.63) is 35.1 Å². The van der Waals surface area contributed by atoms with Crippen LogP contribution in [-0.2, 0) is 7.05 Å². The number of methoxy groups -OCH3 is 1. The van der Waals surface area contributed by atoms with Crippen molar-refractivity contribution in [2.45, 2.75) is 13.8 Å². The molecule has 0 N–H and O–H groups in total. The summed E-state index contributed by atoms with van der Waals surface area (Å²) < 4.78 is 7.80. The van der Waals surface area contributed by atoms with E-state index in [0.29, 0.717) is 33.7 Å². The second kappa shape index (κ2) is 10.2. The number of fused-ring (bicyclic) bond motifs is 1. The Hall–Kier alpha value is -1.87. The number of carbonyl (C=O) groups is 1. The summed E-state index contributed by atoms with van der Waals surface area (Å²) in [6.07, 6.45) is 1.62. The van der Waals surface area contributed by atoms with Crippen molar-refractivity contribution in [1.82, 2.24) is 19.7 Å². The quantitative estimate of drug-likeness (QED) is 0.509. The Labute approximate surface area is 185 Å². The summed E-state index contributed by atoms with van der Waals surface area (Å²) in [5.74, 6) is 0.500. The fraction of sp³-hybridized carbons (Fsp3) is 0.421. The number of ether oxygens (including phenoxy) is 1. The zero-order valence-electron chi connectivity index (χ0n) is 16.9. The zero-order valence-corrected chi connectivity index (χ0v) is 19.3. The third kappa shape index (κ3) is 4.83. The minimum absolute atomic E-state index is 0. The molecule has 0 aliphatic carbocycles. The summed E-state index contributed by atoms with van der Waals surface area (Å²) in [4.78, 5) is 22.0. The van der Waals surface area contributed by atoms with Gasteiger partial charge in [0.15, 0.2) is 5.13 Å². The van der Waals surface area contributed by atoms with Gasteiger partial charge in [0.1, 0.15) is 17.0 Å². The number of hydrogen-bond acceptors (Lipinski definition) is 6. The van der Waals surface area contributed by atoms with E-state index in [2.05, 4.69) is 23.8 Å². The van der Waals surface area contributed by atoms with Gasteiger partial charge < -0.3 is 9.64 Å². The molecule has 10 heteroatoms. The van der Waals surface area contributed by atoms with Crippen LogP contribution in [0.1, 0.15) is 24.3 Å². The molecule has 1 aromatic carbocycles. The molecule has 0 radical (unpaired) electrons. The van der Waals surface area contributed by atoms with Gasteiger partial charge in [-0.25, -0.2) is 4.98 Å². The fourth-order valence-corrected chi connectivity index (χ4v) is 4.29. The van der Waals surface area contributed by atoms with Crippen LogP contribution in [0.5, 0.6) is 5.75 Å². The number of aryl methyl sites for hydroxylation is 1. The lowest BCUT2D eigenvalue weighted by Gasteiger charge is -2.24. The highest BCUT2D eigenvalue weighted by molar-refractivity contribution is 7.23. The summed E-state index contributed by atoms with van der Waals surface area (Å²) in [7, 11) is 3.36. The van der Waals surface area contributed by atoms with E-state index in [-0.39, 0.29) is 18.3 Å². The zero-order chi connectivity index (χ0) is 20.3. The maximum absolute atomic E-state index is 13.3. The first-order valence-electron chi connectivity index (χ1n) is 9.15. The predicted molar refractivity (Wildman–Crippen MR) is 121 cm³/mol. The van der Waals surface area contributed by atoms with Gasteiger partial charge in [0.05, 0.1) is 16.8 Å². The van der Waals surface area contributed by atoms with Gasteiger partial charge in [-0.05, 0) is 31.3 Å². The van der Waals surface area contributed by atoms with E-state index >= 15 is 0 Å². The van der Waals surface area contributed by atoms with Crippen LogP contribution in [0.2, 0.25) is 5.02 Å². The van der Waals surface area contributed by atoms with E-state index in [1.807, 2.05) is 0 Å². The second-order valence-electron chi connectivity index (χ2n) is 6.25. The highest BCUT2D eigenvalue weighted by atomic mass is 35.5. The van der Waals surface area contributed by atoms with Gasteiger partial charge in [0, 0.05) is 26.3 Å². The Morgan fingerprint density at radius 2 is 1.97 bits per heavy atom. The van der Waals surface area contributed by atoms with Gasteiger partial charge in [-0.3, -0.25) is 14.4 Å². The van der Waals surface area contributed by atoms with Crippen LogP contribution in [0.15, 0.2) is 24.4 Å². The monoisotopic (exact) mass is 457 g/mol. The Kier molecular flexibility index (Phi) is 8.27. The molecule has 7 nitrogen and oxygen atoms in total. The first kappa shape index (κ1) is 23.4. The number of thiazole rings is 1. The molecule has 0 saturated carbocycles. The van der Waals surface area contributed by atoms with Crippen molar-refractivity contribution >= 4 is 56.6 Å². The lowest BCUT2D eigenvalue weighted by molar-refractivity contribution is 0.0974. The van der Waals surface area contributed by atoms with Crippen molar-refractivity contribution in [3.8, 4) is 5.75 Å². The van der Waals surface area contributed by atoms with Gasteiger partial charge in [0.25, 0.3) is 5.91 Å². The minimum atomic E-state index is -0.138. The fourth-order valence-electron chi connectivity index (χ4n) is 3.01. The van der Waals surface area contributed by atoms with Crippen LogP contribution in [0.3, 0.4) is 0 Å². The number of rotatable bonds is 8. The highest BCUT2D eigenvalue weighted by Gasteiger charge is 2.25. The summed E-state index contributed by atoms with van der Waals surface area (Å²) in [6.45, 7) is 7.33. The molecule has 29 heavy (non-hydrogen) atoms. The van der Waals surface area contributed by atoms with Crippen LogP contribution in [0.4, 0.5) is 5.13 Å².